The summed E-state index contributed by atoms with van der Waals surface area (Å²) in [5, 5.41) is 16.3. The quantitative estimate of drug-likeness (QED) is 0.0645. The number of aliphatic hydroxyl groups is 1. The molecule has 0 bridgehead atoms. The van der Waals surface area contributed by atoms with Crippen LogP contribution in [-0.4, -0.2) is 23.9 Å². The molecule has 0 spiro atoms. The van der Waals surface area contributed by atoms with Gasteiger partial charge in [0.1, 0.15) is 0 Å². The second-order valence-corrected chi connectivity index (χ2v) is 20.6. The summed E-state index contributed by atoms with van der Waals surface area (Å²) >= 11 is 1.85. The molecule has 0 amide bonds. The van der Waals surface area contributed by atoms with E-state index < -0.39 is 8.07 Å². The molecule has 0 saturated carbocycles. The molecule has 6 heteroatoms. The third kappa shape index (κ3) is 8.97. The van der Waals surface area contributed by atoms with Gasteiger partial charge < -0.3 is 5.11 Å². The van der Waals surface area contributed by atoms with Crippen LogP contribution in [0, 0.1) is 31.7 Å². The van der Waals surface area contributed by atoms with Gasteiger partial charge in [-0.3, -0.25) is 9.78 Å². The van der Waals surface area contributed by atoms with E-state index in [1.54, 1.807) is 0 Å². The van der Waals surface area contributed by atoms with Crippen molar-refractivity contribution in [1.82, 2.24) is 4.98 Å². The summed E-state index contributed by atoms with van der Waals surface area (Å²) < 4.78 is 2.55. The Kier molecular flexibility index (Phi) is 13.8. The van der Waals surface area contributed by atoms with Crippen molar-refractivity contribution in [2.75, 3.05) is 0 Å². The zero-order chi connectivity index (χ0) is 36.2. The maximum absolute atomic E-state index is 11.7. The zero-order valence-electron chi connectivity index (χ0n) is 31.6. The minimum atomic E-state index is -1.56. The molecule has 0 fully saturated rings. The van der Waals surface area contributed by atoms with Crippen molar-refractivity contribution in [3.63, 3.8) is 0 Å². The Balaban J connectivity index is 0.000000312. The number of nitrogens with zero attached hydrogens (tertiary/aromatic N) is 1. The van der Waals surface area contributed by atoms with Crippen LogP contribution in [0.3, 0.4) is 0 Å². The van der Waals surface area contributed by atoms with E-state index in [4.69, 9.17) is 4.98 Å². The van der Waals surface area contributed by atoms with Crippen LogP contribution in [0.15, 0.2) is 90.8 Å². The Morgan fingerprint density at radius 1 is 0.843 bits per heavy atom. The number of aliphatic hydroxyl groups excluding tert-OH is 1. The van der Waals surface area contributed by atoms with Crippen molar-refractivity contribution in [1.29, 1.82) is 0 Å². The molecular weight excluding hydrogens is 839 g/mol. The van der Waals surface area contributed by atoms with Gasteiger partial charge in [0, 0.05) is 59.3 Å². The van der Waals surface area contributed by atoms with Crippen LogP contribution in [-0.2, 0) is 24.9 Å². The van der Waals surface area contributed by atoms with E-state index in [1.165, 1.54) is 64.5 Å². The van der Waals surface area contributed by atoms with Gasteiger partial charge in [-0.15, -0.1) is 40.1 Å². The fraction of sp³-hybridized carbons (Fsp3) is 0.333. The fourth-order valence-corrected chi connectivity index (χ4v) is 9.80. The molecule has 4 aromatic carbocycles. The van der Waals surface area contributed by atoms with Crippen molar-refractivity contribution in [3.8, 4) is 22.4 Å². The van der Waals surface area contributed by atoms with E-state index in [0.29, 0.717) is 0 Å². The Labute approximate surface area is 323 Å². The van der Waals surface area contributed by atoms with Crippen molar-refractivity contribution in [2.45, 2.75) is 86.9 Å². The van der Waals surface area contributed by atoms with Gasteiger partial charge in [0.05, 0.1) is 13.8 Å². The average molecular weight is 891 g/mol. The first-order chi connectivity index (χ1) is 23.9. The summed E-state index contributed by atoms with van der Waals surface area (Å²) in [5.41, 5.74) is 7.34. The third-order valence-electron chi connectivity index (χ3n) is 10.0. The van der Waals surface area contributed by atoms with Gasteiger partial charge >= 0.3 is 0 Å². The van der Waals surface area contributed by atoms with Gasteiger partial charge in [-0.2, -0.15) is 0 Å². The van der Waals surface area contributed by atoms with Crippen LogP contribution in [0.1, 0.15) is 64.5 Å². The van der Waals surface area contributed by atoms with Gasteiger partial charge in [0.2, 0.25) is 0 Å². The summed E-state index contributed by atoms with van der Waals surface area (Å²) in [6, 6.07) is 30.5. The number of fused-ring (bicyclic) bond motifs is 4. The summed E-state index contributed by atoms with van der Waals surface area (Å²) in [5.74, 6) is 0.547. The maximum Gasteiger partial charge on any atom is 0.162 e. The van der Waals surface area contributed by atoms with Crippen molar-refractivity contribution < 1.29 is 30.0 Å². The number of hydrogen-bond acceptors (Lipinski definition) is 4. The molecule has 0 aliphatic heterocycles. The second kappa shape index (κ2) is 17.4. The van der Waals surface area contributed by atoms with E-state index in [1.807, 2.05) is 45.2 Å². The molecule has 0 saturated heterocycles. The zero-order valence-corrected chi connectivity index (χ0v) is 35.8. The molecule has 3 nitrogen and oxygen atoms in total. The monoisotopic (exact) mass is 891 g/mol. The second-order valence-electron chi connectivity index (χ2n) is 14.6. The number of ketones is 1. The normalized spacial score (nSPS) is 12.0. The van der Waals surface area contributed by atoms with Gasteiger partial charge in [-0.05, 0) is 79.1 Å². The molecule has 0 atom stereocenters. The molecule has 0 aliphatic carbocycles. The molecule has 269 valence electrons. The Morgan fingerprint density at radius 2 is 1.53 bits per heavy atom. The van der Waals surface area contributed by atoms with Gasteiger partial charge in [-0.25, -0.2) is 0 Å². The number of benzene rings is 4. The summed E-state index contributed by atoms with van der Waals surface area (Å²) in [7, 11) is -1.56. The van der Waals surface area contributed by atoms with Crippen molar-refractivity contribution in [3.05, 3.63) is 108 Å². The average Bonchev–Trinajstić information content (AvgIpc) is 3.47. The third-order valence-corrected chi connectivity index (χ3v) is 13.2. The van der Waals surface area contributed by atoms with Gasteiger partial charge in [-0.1, -0.05) is 112 Å². The number of hydrogen-bond donors (Lipinski definition) is 1. The minimum absolute atomic E-state index is 0. The first kappa shape index (κ1) is 40.4. The van der Waals surface area contributed by atoms with Crippen LogP contribution < -0.4 is 5.19 Å². The summed E-state index contributed by atoms with van der Waals surface area (Å²) in [6.45, 7) is 19.7. The molecule has 6 aromatic rings. The standard InChI is InChI=1S/C32H28NSSi.C13H24O2.Ir/c1-20-10-12-25(21(2)16-20)23-11-13-27-28-14-15-33-31(32(28)34-29(27)18-23)24-17-22-8-6-7-9-26(22)30(19-24)35(3,4)5;1-5-10(6-2)12(14)9-13(15)11(7-3)8-4;/h6-16,18-19H,1-5H3;9-11,14H,5-8H2,1-4H3;/q-1;;/b;12-9-;. The van der Waals surface area contributed by atoms with Crippen LogP contribution in [0.2, 0.25) is 19.6 Å². The van der Waals surface area contributed by atoms with E-state index in [2.05, 4.69) is 112 Å². The molecule has 2 heterocycles. The molecule has 1 radical (unpaired) electrons. The predicted octanol–water partition coefficient (Wildman–Crippen LogP) is 12.8. The number of carbonyl (C=O) groups excluding carboxylic acids is 1. The SMILES string of the molecule is CCC(CC)C(=O)/C=C(\O)C(CC)CC.Cc1ccc(-c2ccc3c(c2)sc2c(-c4[c-]c5ccccc5c([Si](C)(C)C)c4)nccc23)c(C)c1.[Ir]. The molecular formula is C45H52IrNO2SSi-. The van der Waals surface area contributed by atoms with Crippen molar-refractivity contribution in [2.24, 2.45) is 11.8 Å². The molecule has 51 heavy (non-hydrogen) atoms. The maximum atomic E-state index is 11.7. The number of aryl methyl sites for hydroxylation is 2. The van der Waals surface area contributed by atoms with Crippen LogP contribution in [0.4, 0.5) is 0 Å². The number of allylic oxidation sites excluding steroid dienone is 2. The van der Waals surface area contributed by atoms with Crippen molar-refractivity contribution >= 4 is 61.3 Å². The van der Waals surface area contributed by atoms with Crippen LogP contribution >= 0.6 is 11.3 Å². The molecule has 6 rings (SSSR count). The van der Waals surface area contributed by atoms with Gasteiger partial charge in [0.15, 0.2) is 5.78 Å². The smallest absolute Gasteiger partial charge is 0.162 e. The van der Waals surface area contributed by atoms with E-state index in [0.717, 1.165) is 36.9 Å². The van der Waals surface area contributed by atoms with Crippen LogP contribution in [0.25, 0.3) is 53.3 Å². The first-order valence-electron chi connectivity index (χ1n) is 18.2. The molecule has 1 N–H and O–H groups in total. The van der Waals surface area contributed by atoms with Crippen LogP contribution in [0.5, 0.6) is 0 Å². The number of pyridine rings is 1. The Bertz CT molecular complexity index is 2170. The molecule has 2 aromatic heterocycles. The van der Waals surface area contributed by atoms with E-state index in [9.17, 15) is 9.90 Å². The minimum Gasteiger partial charge on any atom is -0.512 e. The number of thiophene rings is 1. The number of carbonyl (C=O) groups is 1. The molecule has 0 unspecified atom stereocenters. The fourth-order valence-electron chi connectivity index (χ4n) is 6.96. The van der Waals surface area contributed by atoms with E-state index >= 15 is 0 Å². The van der Waals surface area contributed by atoms with Gasteiger partial charge in [0.25, 0.3) is 0 Å². The Morgan fingerprint density at radius 3 is 2.18 bits per heavy atom. The number of aromatic nitrogens is 1. The van der Waals surface area contributed by atoms with E-state index in [-0.39, 0.29) is 43.5 Å². The molecule has 0 aliphatic rings. The largest absolute Gasteiger partial charge is 0.512 e. The summed E-state index contributed by atoms with van der Waals surface area (Å²) in [4.78, 5) is 16.6. The topological polar surface area (TPSA) is 50.2 Å². The first-order valence-corrected chi connectivity index (χ1v) is 22.5. The predicted molar refractivity (Wildman–Crippen MR) is 221 cm³/mol. The number of rotatable bonds is 10. The summed E-state index contributed by atoms with van der Waals surface area (Å²) in [6.07, 6.45) is 6.86. The Hall–Kier alpha value is -3.41.